The Labute approximate surface area is 193 Å². The van der Waals surface area contributed by atoms with Gasteiger partial charge in [0.1, 0.15) is 4.21 Å². The maximum atomic E-state index is 12.5. The predicted octanol–water partition coefficient (Wildman–Crippen LogP) is 4.25. The normalized spacial score (nSPS) is 11.0. The number of benzene rings is 2. The van der Waals surface area contributed by atoms with E-state index in [-0.39, 0.29) is 21.9 Å². The van der Waals surface area contributed by atoms with E-state index in [0.717, 1.165) is 11.3 Å². The highest BCUT2D eigenvalue weighted by Gasteiger charge is 2.19. The zero-order valence-electron chi connectivity index (χ0n) is 15.9. The number of sulfonamides is 1. The molecule has 0 aliphatic heterocycles. The number of carbonyl (C=O) groups is 2. The van der Waals surface area contributed by atoms with Crippen molar-refractivity contribution < 1.29 is 18.0 Å². The van der Waals surface area contributed by atoms with Crippen molar-refractivity contribution in [2.24, 2.45) is 0 Å². The summed E-state index contributed by atoms with van der Waals surface area (Å²) in [5, 5.41) is 2.42. The molecule has 0 aliphatic rings. The number of anilines is 1. The SMILES string of the molecule is O=C(CCc1cccc(Cl)c1Cl)NNC(=O)c1ccccc1NS(=O)(=O)c1cccs1. The van der Waals surface area contributed by atoms with Gasteiger partial charge in [-0.2, -0.15) is 0 Å². The number of amides is 2. The van der Waals surface area contributed by atoms with Crippen LogP contribution in [0.3, 0.4) is 0 Å². The summed E-state index contributed by atoms with van der Waals surface area (Å²) in [6, 6.07) is 14.3. The number of para-hydroxylation sites is 1. The molecule has 31 heavy (non-hydrogen) atoms. The minimum atomic E-state index is -3.83. The minimum absolute atomic E-state index is 0.0563. The summed E-state index contributed by atoms with van der Waals surface area (Å²) in [5.74, 6) is -1.11. The zero-order valence-corrected chi connectivity index (χ0v) is 19.0. The second-order valence-electron chi connectivity index (χ2n) is 6.30. The summed E-state index contributed by atoms with van der Waals surface area (Å²) >= 11 is 13.1. The number of halogens is 2. The molecule has 0 radical (unpaired) electrons. The van der Waals surface area contributed by atoms with Gasteiger partial charge in [-0.3, -0.25) is 25.2 Å². The Hall–Kier alpha value is -2.59. The number of hydrogen-bond donors (Lipinski definition) is 3. The first-order valence-electron chi connectivity index (χ1n) is 8.95. The lowest BCUT2D eigenvalue weighted by Crippen LogP contribution is -2.42. The molecule has 0 fully saturated rings. The first-order chi connectivity index (χ1) is 14.8. The molecule has 0 aliphatic carbocycles. The van der Waals surface area contributed by atoms with Crippen LogP contribution in [0.1, 0.15) is 22.3 Å². The van der Waals surface area contributed by atoms with Crippen LogP contribution in [0.4, 0.5) is 5.69 Å². The van der Waals surface area contributed by atoms with Gasteiger partial charge in [-0.25, -0.2) is 8.42 Å². The van der Waals surface area contributed by atoms with Gasteiger partial charge in [-0.05, 0) is 41.6 Å². The van der Waals surface area contributed by atoms with E-state index in [1.165, 1.54) is 18.2 Å². The van der Waals surface area contributed by atoms with Gasteiger partial charge in [0.2, 0.25) is 5.91 Å². The minimum Gasteiger partial charge on any atom is -0.278 e. The lowest BCUT2D eigenvalue weighted by molar-refractivity contribution is -0.121. The van der Waals surface area contributed by atoms with Crippen molar-refractivity contribution in [3.05, 3.63) is 81.1 Å². The van der Waals surface area contributed by atoms with Crippen LogP contribution >= 0.6 is 34.5 Å². The molecule has 1 aromatic heterocycles. The molecule has 3 N–H and O–H groups in total. The number of aryl methyl sites for hydroxylation is 1. The molecule has 7 nitrogen and oxygen atoms in total. The molecule has 0 bridgehead atoms. The summed E-state index contributed by atoms with van der Waals surface area (Å²) in [5.41, 5.74) is 5.46. The van der Waals surface area contributed by atoms with Gasteiger partial charge in [0.25, 0.3) is 15.9 Å². The summed E-state index contributed by atoms with van der Waals surface area (Å²) < 4.78 is 27.4. The zero-order chi connectivity index (χ0) is 22.4. The fraction of sp³-hybridized carbons (Fsp3) is 0.100. The summed E-state index contributed by atoms with van der Waals surface area (Å²) in [6.45, 7) is 0. The molecule has 3 rings (SSSR count). The van der Waals surface area contributed by atoms with E-state index in [2.05, 4.69) is 15.6 Å². The molecular formula is C20H17Cl2N3O4S2. The molecule has 2 aromatic carbocycles. The van der Waals surface area contributed by atoms with Crippen LogP contribution in [0.25, 0.3) is 0 Å². The van der Waals surface area contributed by atoms with Crippen LogP contribution in [-0.2, 0) is 21.2 Å². The maximum absolute atomic E-state index is 12.5. The Morgan fingerprint density at radius 2 is 1.71 bits per heavy atom. The highest BCUT2D eigenvalue weighted by molar-refractivity contribution is 7.94. The topological polar surface area (TPSA) is 104 Å². The van der Waals surface area contributed by atoms with Crippen LogP contribution < -0.4 is 15.6 Å². The maximum Gasteiger partial charge on any atom is 0.271 e. The van der Waals surface area contributed by atoms with Gasteiger partial charge in [-0.15, -0.1) is 11.3 Å². The molecular weight excluding hydrogens is 481 g/mol. The molecule has 162 valence electrons. The van der Waals surface area contributed by atoms with Crippen molar-refractivity contribution in [2.45, 2.75) is 17.1 Å². The Bertz CT molecular complexity index is 1200. The van der Waals surface area contributed by atoms with Crippen molar-refractivity contribution in [3.63, 3.8) is 0 Å². The van der Waals surface area contributed by atoms with E-state index in [1.807, 2.05) is 0 Å². The fourth-order valence-corrected chi connectivity index (χ4v) is 5.11. The molecule has 0 saturated carbocycles. The molecule has 11 heteroatoms. The smallest absolute Gasteiger partial charge is 0.271 e. The number of carbonyl (C=O) groups excluding carboxylic acids is 2. The molecule has 3 aromatic rings. The van der Waals surface area contributed by atoms with Crippen molar-refractivity contribution in [1.29, 1.82) is 0 Å². The molecule has 0 saturated heterocycles. The lowest BCUT2D eigenvalue weighted by atomic mass is 10.1. The van der Waals surface area contributed by atoms with Crippen LogP contribution in [-0.4, -0.2) is 20.2 Å². The second-order valence-corrected chi connectivity index (χ2v) is 9.94. The van der Waals surface area contributed by atoms with Gasteiger partial charge in [0.15, 0.2) is 0 Å². The monoisotopic (exact) mass is 497 g/mol. The van der Waals surface area contributed by atoms with Gasteiger partial charge in [-0.1, -0.05) is 53.5 Å². The summed E-state index contributed by atoms with van der Waals surface area (Å²) in [7, 11) is -3.83. The van der Waals surface area contributed by atoms with Crippen molar-refractivity contribution in [1.82, 2.24) is 10.9 Å². The molecule has 0 spiro atoms. The molecule has 0 atom stereocenters. The largest absolute Gasteiger partial charge is 0.278 e. The second kappa shape index (κ2) is 10.1. The van der Waals surface area contributed by atoms with E-state index in [1.54, 1.807) is 41.8 Å². The number of hydrogen-bond acceptors (Lipinski definition) is 5. The Kier molecular flexibility index (Phi) is 7.55. The molecule has 2 amide bonds. The molecule has 0 unspecified atom stereocenters. The average Bonchev–Trinajstić information content (AvgIpc) is 3.29. The van der Waals surface area contributed by atoms with E-state index >= 15 is 0 Å². The summed E-state index contributed by atoms with van der Waals surface area (Å²) in [6.07, 6.45) is 0.394. The van der Waals surface area contributed by atoms with Gasteiger partial charge < -0.3 is 0 Å². The van der Waals surface area contributed by atoms with Crippen molar-refractivity contribution >= 4 is 62.1 Å². The Balaban J connectivity index is 1.61. The van der Waals surface area contributed by atoms with Crippen LogP contribution in [0.2, 0.25) is 10.0 Å². The van der Waals surface area contributed by atoms with Crippen LogP contribution in [0, 0.1) is 0 Å². The highest BCUT2D eigenvalue weighted by Crippen LogP contribution is 2.26. The van der Waals surface area contributed by atoms with Crippen molar-refractivity contribution in [2.75, 3.05) is 4.72 Å². The fourth-order valence-electron chi connectivity index (χ4n) is 2.63. The van der Waals surface area contributed by atoms with Gasteiger partial charge in [0.05, 0.1) is 21.3 Å². The number of hydrazine groups is 1. The quantitative estimate of drug-likeness (QED) is 0.424. The van der Waals surface area contributed by atoms with Crippen LogP contribution in [0.15, 0.2) is 64.2 Å². The number of rotatable bonds is 7. The predicted molar refractivity (Wildman–Crippen MR) is 122 cm³/mol. The molecule has 1 heterocycles. The number of nitrogens with one attached hydrogen (secondary N) is 3. The Morgan fingerprint density at radius 3 is 2.45 bits per heavy atom. The number of thiophene rings is 1. The van der Waals surface area contributed by atoms with Gasteiger partial charge >= 0.3 is 0 Å². The van der Waals surface area contributed by atoms with Gasteiger partial charge in [0, 0.05) is 6.42 Å². The third kappa shape index (κ3) is 5.98. The highest BCUT2D eigenvalue weighted by atomic mass is 35.5. The summed E-state index contributed by atoms with van der Waals surface area (Å²) in [4.78, 5) is 24.6. The van der Waals surface area contributed by atoms with Crippen LogP contribution in [0.5, 0.6) is 0 Å². The lowest BCUT2D eigenvalue weighted by Gasteiger charge is -2.13. The van der Waals surface area contributed by atoms with E-state index < -0.39 is 21.8 Å². The van der Waals surface area contributed by atoms with Crippen molar-refractivity contribution in [3.8, 4) is 0 Å². The Morgan fingerprint density at radius 1 is 0.935 bits per heavy atom. The third-order valence-electron chi connectivity index (χ3n) is 4.14. The average molecular weight is 498 g/mol. The standard InChI is InChI=1S/C20H17Cl2N3O4S2/c21-15-7-3-5-13(19(15)22)10-11-17(26)23-24-20(27)14-6-1-2-8-16(14)25-31(28,29)18-9-4-12-30-18/h1-9,12,25H,10-11H2,(H,23,26)(H,24,27). The van der Waals surface area contributed by atoms with E-state index in [4.69, 9.17) is 23.2 Å². The third-order valence-corrected chi connectivity index (χ3v) is 7.77. The van der Waals surface area contributed by atoms with E-state index in [9.17, 15) is 18.0 Å². The first-order valence-corrected chi connectivity index (χ1v) is 12.1. The van der Waals surface area contributed by atoms with E-state index in [0.29, 0.717) is 22.0 Å². The first kappa shape index (κ1) is 23.1.